The highest BCUT2D eigenvalue weighted by Crippen LogP contribution is 2.33. The molecule has 2 nitrogen and oxygen atoms in total. The van der Waals surface area contributed by atoms with Crippen molar-refractivity contribution in [1.29, 1.82) is 0 Å². The third kappa shape index (κ3) is 3.11. The lowest BCUT2D eigenvalue weighted by Gasteiger charge is -2.36. The molecule has 0 radical (unpaired) electrons. The summed E-state index contributed by atoms with van der Waals surface area (Å²) in [6, 6.07) is 8.45. The Morgan fingerprint density at radius 2 is 1.95 bits per heavy atom. The van der Waals surface area contributed by atoms with E-state index in [-0.39, 0.29) is 11.5 Å². The molecule has 118 valence electrons. The number of fused-ring (bicyclic) bond motifs is 1. The zero-order chi connectivity index (χ0) is 15.7. The summed E-state index contributed by atoms with van der Waals surface area (Å²) in [4.78, 5) is 12.8. The maximum atomic E-state index is 12.8. The smallest absolute Gasteiger partial charge is 0.161 e. The molecule has 0 unspecified atom stereocenters. The minimum absolute atomic E-state index is 0.00134. The van der Waals surface area contributed by atoms with Crippen LogP contribution in [0.2, 0.25) is 0 Å². The molecular weight excluding hydrogens is 270 g/mol. The van der Waals surface area contributed by atoms with Crippen molar-refractivity contribution in [2.45, 2.75) is 58.4 Å². The largest absolute Gasteiger partial charge is 0.379 e. The summed E-state index contributed by atoms with van der Waals surface area (Å²) >= 11 is 0. The molecule has 1 saturated carbocycles. The highest BCUT2D eigenvalue weighted by atomic mass is 16.1. The molecule has 1 aromatic carbocycles. The van der Waals surface area contributed by atoms with Gasteiger partial charge in [0.1, 0.15) is 0 Å². The van der Waals surface area contributed by atoms with Gasteiger partial charge in [-0.25, -0.2) is 0 Å². The molecule has 3 rings (SSSR count). The number of allylic oxidation sites excluding steroid dienone is 1. The van der Waals surface area contributed by atoms with Crippen LogP contribution in [0.15, 0.2) is 30.3 Å². The lowest BCUT2D eigenvalue weighted by Crippen LogP contribution is -2.44. The van der Waals surface area contributed by atoms with Crippen LogP contribution in [0.25, 0.3) is 5.70 Å². The van der Waals surface area contributed by atoms with Gasteiger partial charge in [0.2, 0.25) is 0 Å². The molecule has 1 N–H and O–H groups in total. The molecule has 2 aliphatic rings. The fraction of sp³-hybridized carbons (Fsp3) is 0.550. The second-order valence-electron chi connectivity index (χ2n) is 7.67. The first-order valence-electron chi connectivity index (χ1n) is 8.58. The van der Waals surface area contributed by atoms with E-state index in [1.54, 1.807) is 0 Å². The van der Waals surface area contributed by atoms with E-state index in [1.807, 2.05) is 6.08 Å². The standard InChI is InChI=1S/C20H27NO/c1-14-8-4-6-10-16(14)19(22)12-18-17-11-7-5-9-15(17)13-20(2,3)21-18/h5,7,9,11-12,14,16,21H,4,6,8,10,13H2,1-3H3/t14-,16+/m0/s1. The van der Waals surface area contributed by atoms with Gasteiger partial charge in [-0.05, 0) is 38.2 Å². The quantitative estimate of drug-likeness (QED) is 0.822. The van der Waals surface area contributed by atoms with Crippen LogP contribution in [0.4, 0.5) is 0 Å². The summed E-state index contributed by atoms with van der Waals surface area (Å²) < 4.78 is 0. The molecule has 0 amide bonds. The normalized spacial score (nSPS) is 28.8. The van der Waals surface area contributed by atoms with Crippen LogP contribution in [0.1, 0.15) is 57.6 Å². The number of carbonyl (C=O) groups is 1. The molecule has 1 heterocycles. The number of rotatable bonds is 2. The first-order valence-corrected chi connectivity index (χ1v) is 8.58. The van der Waals surface area contributed by atoms with Crippen molar-refractivity contribution in [3.63, 3.8) is 0 Å². The van der Waals surface area contributed by atoms with Gasteiger partial charge in [-0.15, -0.1) is 0 Å². The van der Waals surface area contributed by atoms with Crippen LogP contribution in [0.5, 0.6) is 0 Å². The van der Waals surface area contributed by atoms with Gasteiger partial charge in [-0.2, -0.15) is 0 Å². The Morgan fingerprint density at radius 3 is 2.73 bits per heavy atom. The zero-order valence-corrected chi connectivity index (χ0v) is 14.0. The molecule has 1 aliphatic heterocycles. The monoisotopic (exact) mass is 297 g/mol. The van der Waals surface area contributed by atoms with Crippen molar-refractivity contribution in [3.8, 4) is 0 Å². The Bertz CT molecular complexity index is 599. The van der Waals surface area contributed by atoms with E-state index in [1.165, 1.54) is 30.4 Å². The second-order valence-corrected chi connectivity index (χ2v) is 7.67. The second kappa shape index (κ2) is 5.91. The third-order valence-electron chi connectivity index (χ3n) is 5.18. The van der Waals surface area contributed by atoms with Gasteiger partial charge in [0.05, 0.1) is 0 Å². The van der Waals surface area contributed by atoms with Crippen molar-refractivity contribution in [3.05, 3.63) is 41.5 Å². The lowest BCUT2D eigenvalue weighted by atomic mass is 9.77. The number of hydrogen-bond donors (Lipinski definition) is 1. The van der Waals surface area contributed by atoms with Gasteiger partial charge in [0, 0.05) is 28.8 Å². The maximum absolute atomic E-state index is 12.8. The van der Waals surface area contributed by atoms with E-state index in [2.05, 4.69) is 50.4 Å². The maximum Gasteiger partial charge on any atom is 0.161 e. The Balaban J connectivity index is 1.91. The Labute approximate surface area is 134 Å². The van der Waals surface area contributed by atoms with E-state index >= 15 is 0 Å². The number of ketones is 1. The SMILES string of the molecule is C[C@H]1CCCC[C@H]1C(=O)C=C1NC(C)(C)Cc2ccccc21. The summed E-state index contributed by atoms with van der Waals surface area (Å²) in [5.41, 5.74) is 3.54. The number of nitrogens with one attached hydrogen (secondary N) is 1. The van der Waals surface area contributed by atoms with Crippen LogP contribution in [-0.2, 0) is 11.2 Å². The Hall–Kier alpha value is -1.57. The molecule has 2 heteroatoms. The van der Waals surface area contributed by atoms with Crippen molar-refractivity contribution >= 4 is 11.5 Å². The zero-order valence-electron chi connectivity index (χ0n) is 14.0. The van der Waals surface area contributed by atoms with Crippen molar-refractivity contribution < 1.29 is 4.79 Å². The van der Waals surface area contributed by atoms with Crippen molar-refractivity contribution in [2.75, 3.05) is 0 Å². The number of hydrogen-bond acceptors (Lipinski definition) is 2. The molecule has 1 aliphatic carbocycles. The minimum Gasteiger partial charge on any atom is -0.379 e. The van der Waals surface area contributed by atoms with E-state index in [0.29, 0.717) is 11.7 Å². The summed E-state index contributed by atoms with van der Waals surface area (Å²) in [5.74, 6) is 1.03. The van der Waals surface area contributed by atoms with E-state index < -0.39 is 0 Å². The number of carbonyl (C=O) groups excluding carboxylic acids is 1. The molecule has 0 spiro atoms. The van der Waals surface area contributed by atoms with Gasteiger partial charge >= 0.3 is 0 Å². The van der Waals surface area contributed by atoms with Crippen molar-refractivity contribution in [1.82, 2.24) is 5.32 Å². The van der Waals surface area contributed by atoms with Crippen LogP contribution in [0.3, 0.4) is 0 Å². The van der Waals surface area contributed by atoms with E-state index in [4.69, 9.17) is 0 Å². The predicted molar refractivity (Wildman–Crippen MR) is 91.5 cm³/mol. The topological polar surface area (TPSA) is 29.1 Å². The predicted octanol–water partition coefficient (Wildman–Crippen LogP) is 4.35. The molecule has 22 heavy (non-hydrogen) atoms. The van der Waals surface area contributed by atoms with E-state index in [9.17, 15) is 4.79 Å². The fourth-order valence-corrected chi connectivity index (χ4v) is 3.99. The van der Waals surface area contributed by atoms with Gasteiger partial charge in [0.25, 0.3) is 0 Å². The Morgan fingerprint density at radius 1 is 1.23 bits per heavy atom. The van der Waals surface area contributed by atoms with Crippen LogP contribution < -0.4 is 5.32 Å². The van der Waals surface area contributed by atoms with Gasteiger partial charge in [-0.1, -0.05) is 50.5 Å². The minimum atomic E-state index is -0.00134. The molecule has 1 fully saturated rings. The highest BCUT2D eigenvalue weighted by molar-refractivity contribution is 5.98. The average molecular weight is 297 g/mol. The summed E-state index contributed by atoms with van der Waals surface area (Å²) in [6.45, 7) is 6.63. The van der Waals surface area contributed by atoms with Gasteiger partial charge in [0.15, 0.2) is 5.78 Å². The average Bonchev–Trinajstić information content (AvgIpc) is 2.46. The number of benzene rings is 1. The fourth-order valence-electron chi connectivity index (χ4n) is 3.99. The Kier molecular flexibility index (Phi) is 4.12. The summed E-state index contributed by atoms with van der Waals surface area (Å²) in [7, 11) is 0. The third-order valence-corrected chi connectivity index (χ3v) is 5.18. The molecule has 0 aromatic heterocycles. The first kappa shape index (κ1) is 15.3. The van der Waals surface area contributed by atoms with Crippen LogP contribution in [0, 0.1) is 11.8 Å². The van der Waals surface area contributed by atoms with Gasteiger partial charge < -0.3 is 5.32 Å². The highest BCUT2D eigenvalue weighted by Gasteiger charge is 2.30. The molecule has 2 atom stereocenters. The van der Waals surface area contributed by atoms with Crippen molar-refractivity contribution in [2.24, 2.45) is 11.8 Å². The molecule has 0 saturated heterocycles. The van der Waals surface area contributed by atoms with E-state index in [0.717, 1.165) is 18.5 Å². The molecular formula is C20H27NO. The lowest BCUT2D eigenvalue weighted by molar-refractivity contribution is -0.120. The molecule has 0 bridgehead atoms. The van der Waals surface area contributed by atoms with Crippen LogP contribution in [-0.4, -0.2) is 11.3 Å². The first-order chi connectivity index (χ1) is 10.5. The molecule has 1 aromatic rings. The summed E-state index contributed by atoms with van der Waals surface area (Å²) in [6.07, 6.45) is 7.58. The van der Waals surface area contributed by atoms with Gasteiger partial charge in [-0.3, -0.25) is 4.79 Å². The summed E-state index contributed by atoms with van der Waals surface area (Å²) in [5, 5.41) is 3.57. The van der Waals surface area contributed by atoms with Crippen LogP contribution >= 0.6 is 0 Å².